The Balaban J connectivity index is 1.88. The molecule has 1 heterocycles. The number of carbonyl (C=O) groups is 1. The normalized spacial score (nSPS) is 19.9. The van der Waals surface area contributed by atoms with Crippen LogP contribution in [0.3, 0.4) is 0 Å². The molecule has 0 radical (unpaired) electrons. The van der Waals surface area contributed by atoms with Gasteiger partial charge in [-0.05, 0) is 31.9 Å². The van der Waals surface area contributed by atoms with Crippen molar-refractivity contribution in [3.8, 4) is 0 Å². The third-order valence-electron chi connectivity index (χ3n) is 3.37. The third kappa shape index (κ3) is 3.93. The van der Waals surface area contributed by atoms with Crippen molar-refractivity contribution >= 4 is 12.0 Å². The fraction of sp³-hybridized carbons (Fsp3) is 0.438. The van der Waals surface area contributed by atoms with Gasteiger partial charge in [0.25, 0.3) is 0 Å². The van der Waals surface area contributed by atoms with E-state index in [1.807, 2.05) is 25.1 Å². The highest BCUT2D eigenvalue weighted by molar-refractivity contribution is 5.76. The van der Waals surface area contributed by atoms with E-state index in [9.17, 15) is 4.79 Å². The van der Waals surface area contributed by atoms with E-state index < -0.39 is 0 Å². The second-order valence-electron chi connectivity index (χ2n) is 4.72. The summed E-state index contributed by atoms with van der Waals surface area (Å²) < 4.78 is 5.12. The van der Waals surface area contributed by atoms with Gasteiger partial charge in [-0.2, -0.15) is 0 Å². The molecule has 0 amide bonds. The smallest absolute Gasteiger partial charge is 0.323 e. The largest absolute Gasteiger partial charge is 0.465 e. The summed E-state index contributed by atoms with van der Waals surface area (Å²) in [5.41, 5.74) is 1.19. The molecule has 1 saturated heterocycles. The molecule has 102 valence electrons. The summed E-state index contributed by atoms with van der Waals surface area (Å²) >= 11 is 0. The maximum atomic E-state index is 11.8. The van der Waals surface area contributed by atoms with Crippen LogP contribution in [0, 0.1) is 0 Å². The van der Waals surface area contributed by atoms with E-state index in [0.717, 1.165) is 25.9 Å². The number of hydrogen-bond acceptors (Lipinski definition) is 3. The van der Waals surface area contributed by atoms with E-state index in [4.69, 9.17) is 4.74 Å². The first-order valence-electron chi connectivity index (χ1n) is 6.93. The van der Waals surface area contributed by atoms with Crippen molar-refractivity contribution in [2.75, 3.05) is 19.7 Å². The molecule has 0 saturated carbocycles. The van der Waals surface area contributed by atoms with Crippen molar-refractivity contribution in [1.29, 1.82) is 0 Å². The Morgan fingerprint density at radius 2 is 2.21 bits per heavy atom. The lowest BCUT2D eigenvalue weighted by molar-refractivity contribution is -0.148. The Kier molecular flexibility index (Phi) is 5.16. The molecule has 0 bridgehead atoms. The lowest BCUT2D eigenvalue weighted by Crippen LogP contribution is -2.37. The molecule has 0 aliphatic carbocycles. The highest BCUT2D eigenvalue weighted by Crippen LogP contribution is 2.18. The van der Waals surface area contributed by atoms with Gasteiger partial charge in [-0.3, -0.25) is 9.69 Å². The lowest BCUT2D eigenvalue weighted by Gasteiger charge is -2.20. The van der Waals surface area contributed by atoms with E-state index in [2.05, 4.69) is 29.2 Å². The molecule has 2 rings (SSSR count). The van der Waals surface area contributed by atoms with Crippen LogP contribution in [0.15, 0.2) is 36.4 Å². The molecular weight excluding hydrogens is 238 g/mol. The van der Waals surface area contributed by atoms with Gasteiger partial charge in [0.1, 0.15) is 6.04 Å². The van der Waals surface area contributed by atoms with E-state index in [-0.39, 0.29) is 12.0 Å². The highest BCUT2D eigenvalue weighted by atomic mass is 16.5. The average molecular weight is 259 g/mol. The van der Waals surface area contributed by atoms with Gasteiger partial charge in [0.15, 0.2) is 0 Å². The highest BCUT2D eigenvalue weighted by Gasteiger charge is 2.30. The third-order valence-corrected chi connectivity index (χ3v) is 3.37. The summed E-state index contributed by atoms with van der Waals surface area (Å²) in [7, 11) is 0. The Labute approximate surface area is 114 Å². The summed E-state index contributed by atoms with van der Waals surface area (Å²) in [6.07, 6.45) is 6.20. The van der Waals surface area contributed by atoms with Crippen LogP contribution in [0.25, 0.3) is 6.08 Å². The number of nitrogens with zero attached hydrogens (tertiary/aromatic N) is 1. The summed E-state index contributed by atoms with van der Waals surface area (Å²) in [5, 5.41) is 0. The Morgan fingerprint density at radius 1 is 1.42 bits per heavy atom. The van der Waals surface area contributed by atoms with Crippen molar-refractivity contribution in [3.63, 3.8) is 0 Å². The molecule has 1 atom stereocenters. The van der Waals surface area contributed by atoms with Crippen molar-refractivity contribution in [2.45, 2.75) is 25.8 Å². The van der Waals surface area contributed by atoms with Gasteiger partial charge >= 0.3 is 5.97 Å². The number of ether oxygens (including phenoxy) is 1. The topological polar surface area (TPSA) is 29.5 Å². The molecule has 1 aromatic carbocycles. The molecule has 1 unspecified atom stereocenters. The minimum absolute atomic E-state index is 0.0552. The minimum Gasteiger partial charge on any atom is -0.465 e. The zero-order chi connectivity index (χ0) is 13.5. The zero-order valence-electron chi connectivity index (χ0n) is 11.4. The Morgan fingerprint density at radius 3 is 2.95 bits per heavy atom. The Bertz CT molecular complexity index is 428. The van der Waals surface area contributed by atoms with Crippen LogP contribution in [0.4, 0.5) is 0 Å². The number of carbonyl (C=O) groups excluding carboxylic acids is 1. The maximum absolute atomic E-state index is 11.8. The molecule has 1 aromatic rings. The second-order valence-corrected chi connectivity index (χ2v) is 4.72. The molecule has 0 spiro atoms. The number of rotatable bonds is 5. The van der Waals surface area contributed by atoms with Crippen LogP contribution in [0.2, 0.25) is 0 Å². The van der Waals surface area contributed by atoms with E-state index in [1.165, 1.54) is 5.56 Å². The fourth-order valence-corrected chi connectivity index (χ4v) is 2.44. The van der Waals surface area contributed by atoms with Crippen LogP contribution in [-0.2, 0) is 9.53 Å². The summed E-state index contributed by atoms with van der Waals surface area (Å²) in [5.74, 6) is -0.0758. The van der Waals surface area contributed by atoms with Gasteiger partial charge in [0.05, 0.1) is 6.61 Å². The molecule has 1 aliphatic heterocycles. The quantitative estimate of drug-likeness (QED) is 0.761. The van der Waals surface area contributed by atoms with Gasteiger partial charge in [-0.1, -0.05) is 42.5 Å². The molecule has 19 heavy (non-hydrogen) atoms. The monoisotopic (exact) mass is 259 g/mol. The fourth-order valence-electron chi connectivity index (χ4n) is 2.44. The molecule has 0 N–H and O–H groups in total. The van der Waals surface area contributed by atoms with Crippen molar-refractivity contribution in [1.82, 2.24) is 4.90 Å². The van der Waals surface area contributed by atoms with Crippen LogP contribution in [-0.4, -0.2) is 36.6 Å². The molecule has 1 aliphatic rings. The second kappa shape index (κ2) is 7.10. The standard InChI is InChI=1S/C16H21NO2/c1-2-19-16(18)15-11-7-13-17(15)12-6-10-14-8-4-3-5-9-14/h3-6,8-10,15H,2,7,11-13H2,1H3. The van der Waals surface area contributed by atoms with Crippen LogP contribution in [0.5, 0.6) is 0 Å². The van der Waals surface area contributed by atoms with Crippen molar-refractivity contribution in [3.05, 3.63) is 42.0 Å². The number of esters is 1. The molecule has 3 nitrogen and oxygen atoms in total. The SMILES string of the molecule is CCOC(=O)C1CCCN1CC=Cc1ccccc1. The van der Waals surface area contributed by atoms with Gasteiger partial charge < -0.3 is 4.74 Å². The zero-order valence-corrected chi connectivity index (χ0v) is 11.4. The first-order valence-corrected chi connectivity index (χ1v) is 6.93. The predicted octanol–water partition coefficient (Wildman–Crippen LogP) is 2.73. The number of likely N-dealkylation sites (tertiary alicyclic amines) is 1. The summed E-state index contributed by atoms with van der Waals surface area (Å²) in [6.45, 7) is 4.09. The summed E-state index contributed by atoms with van der Waals surface area (Å²) in [4.78, 5) is 14.0. The van der Waals surface area contributed by atoms with E-state index in [0.29, 0.717) is 6.61 Å². The predicted molar refractivity (Wildman–Crippen MR) is 76.7 cm³/mol. The molecular formula is C16H21NO2. The maximum Gasteiger partial charge on any atom is 0.323 e. The molecule has 3 heteroatoms. The van der Waals surface area contributed by atoms with Crippen LogP contribution in [0.1, 0.15) is 25.3 Å². The first-order chi connectivity index (χ1) is 9.31. The molecule has 1 fully saturated rings. The van der Waals surface area contributed by atoms with Crippen molar-refractivity contribution < 1.29 is 9.53 Å². The van der Waals surface area contributed by atoms with E-state index in [1.54, 1.807) is 0 Å². The average Bonchev–Trinajstić information content (AvgIpc) is 2.89. The lowest BCUT2D eigenvalue weighted by atomic mass is 10.2. The Hall–Kier alpha value is -1.61. The van der Waals surface area contributed by atoms with Gasteiger partial charge in [0.2, 0.25) is 0 Å². The van der Waals surface area contributed by atoms with E-state index >= 15 is 0 Å². The first kappa shape index (κ1) is 13.8. The van der Waals surface area contributed by atoms with Crippen LogP contribution >= 0.6 is 0 Å². The molecule has 0 aromatic heterocycles. The van der Waals surface area contributed by atoms with Gasteiger partial charge in [-0.25, -0.2) is 0 Å². The van der Waals surface area contributed by atoms with Crippen molar-refractivity contribution in [2.24, 2.45) is 0 Å². The van der Waals surface area contributed by atoms with Crippen LogP contribution < -0.4 is 0 Å². The number of hydrogen-bond donors (Lipinski definition) is 0. The minimum atomic E-state index is -0.0758. The van der Waals surface area contributed by atoms with Gasteiger partial charge in [-0.15, -0.1) is 0 Å². The summed E-state index contributed by atoms with van der Waals surface area (Å²) in [6, 6.07) is 10.1. The number of benzene rings is 1. The van der Waals surface area contributed by atoms with Gasteiger partial charge in [0, 0.05) is 6.54 Å².